The van der Waals surface area contributed by atoms with Gasteiger partial charge in [0.25, 0.3) is 11.2 Å². The van der Waals surface area contributed by atoms with Gasteiger partial charge in [-0.1, -0.05) is 12.1 Å². The molecule has 0 radical (unpaired) electrons. The van der Waals surface area contributed by atoms with E-state index < -0.39 is 4.92 Å². The highest BCUT2D eigenvalue weighted by Gasteiger charge is 2.22. The van der Waals surface area contributed by atoms with Crippen molar-refractivity contribution < 1.29 is 4.92 Å². The summed E-state index contributed by atoms with van der Waals surface area (Å²) in [5.41, 5.74) is 3.30. The second-order valence-electron chi connectivity index (χ2n) is 6.76. The van der Waals surface area contributed by atoms with Crippen LogP contribution in [0.3, 0.4) is 0 Å². The molecule has 2 aromatic carbocycles. The molecule has 0 atom stereocenters. The number of nitro groups is 1. The van der Waals surface area contributed by atoms with Crippen LogP contribution < -0.4 is 10.5 Å². The first kappa shape index (κ1) is 17.0. The van der Waals surface area contributed by atoms with Crippen molar-refractivity contribution >= 4 is 33.9 Å². The Morgan fingerprint density at radius 2 is 1.93 bits per heavy atom. The van der Waals surface area contributed by atoms with E-state index in [1.165, 1.54) is 18.2 Å². The number of aromatic nitrogens is 2. The van der Waals surface area contributed by atoms with Gasteiger partial charge < -0.3 is 4.90 Å². The van der Waals surface area contributed by atoms with E-state index in [4.69, 9.17) is 0 Å². The molecule has 136 valence electrons. The SMILES string of the molecule is CN(C)c1ccc(/C=C2\CCn3c2nc2ccc([N+](=O)[O-])cc2c3=O)cc1. The van der Waals surface area contributed by atoms with Crippen molar-refractivity contribution in [3.05, 3.63) is 74.3 Å². The smallest absolute Gasteiger partial charge is 0.270 e. The summed E-state index contributed by atoms with van der Waals surface area (Å²) in [6.45, 7) is 0.529. The van der Waals surface area contributed by atoms with Crippen LogP contribution in [0, 0.1) is 10.1 Å². The molecule has 4 rings (SSSR count). The molecule has 1 aliphatic rings. The van der Waals surface area contributed by atoms with Gasteiger partial charge in [-0.25, -0.2) is 4.98 Å². The van der Waals surface area contributed by atoms with Gasteiger partial charge in [-0.3, -0.25) is 19.5 Å². The number of hydrogen-bond donors (Lipinski definition) is 0. The number of fused-ring (bicyclic) bond motifs is 2. The van der Waals surface area contributed by atoms with E-state index in [-0.39, 0.29) is 16.6 Å². The largest absolute Gasteiger partial charge is 0.378 e. The number of hydrogen-bond acceptors (Lipinski definition) is 5. The van der Waals surface area contributed by atoms with Gasteiger partial charge >= 0.3 is 0 Å². The molecular weight excluding hydrogens is 344 g/mol. The summed E-state index contributed by atoms with van der Waals surface area (Å²) >= 11 is 0. The number of non-ortho nitro benzene ring substituents is 1. The number of rotatable bonds is 3. The fourth-order valence-electron chi connectivity index (χ4n) is 3.33. The fraction of sp³-hybridized carbons (Fsp3) is 0.200. The number of allylic oxidation sites excluding steroid dienone is 1. The van der Waals surface area contributed by atoms with Crippen LogP contribution in [0.4, 0.5) is 11.4 Å². The third-order valence-electron chi connectivity index (χ3n) is 4.79. The molecule has 2 heterocycles. The van der Waals surface area contributed by atoms with E-state index in [2.05, 4.69) is 4.98 Å². The molecule has 0 bridgehead atoms. The van der Waals surface area contributed by atoms with Crippen molar-refractivity contribution in [3.8, 4) is 0 Å². The molecule has 0 saturated carbocycles. The molecule has 0 amide bonds. The molecule has 0 N–H and O–H groups in total. The van der Waals surface area contributed by atoms with Crippen molar-refractivity contribution in [3.63, 3.8) is 0 Å². The lowest BCUT2D eigenvalue weighted by Gasteiger charge is -2.12. The van der Waals surface area contributed by atoms with E-state index in [9.17, 15) is 14.9 Å². The summed E-state index contributed by atoms with van der Waals surface area (Å²) in [4.78, 5) is 29.9. The van der Waals surface area contributed by atoms with Crippen LogP contribution in [0.5, 0.6) is 0 Å². The Bertz CT molecular complexity index is 1140. The van der Waals surface area contributed by atoms with Crippen molar-refractivity contribution in [2.75, 3.05) is 19.0 Å². The molecule has 0 aliphatic carbocycles. The maximum absolute atomic E-state index is 12.8. The van der Waals surface area contributed by atoms with E-state index in [1.807, 2.05) is 49.3 Å². The van der Waals surface area contributed by atoms with Crippen molar-refractivity contribution in [2.24, 2.45) is 0 Å². The Labute approximate surface area is 155 Å². The Morgan fingerprint density at radius 3 is 2.59 bits per heavy atom. The second-order valence-corrected chi connectivity index (χ2v) is 6.76. The molecular formula is C20H18N4O3. The van der Waals surface area contributed by atoms with Gasteiger partial charge in [0.1, 0.15) is 5.82 Å². The van der Waals surface area contributed by atoms with Crippen molar-refractivity contribution in [2.45, 2.75) is 13.0 Å². The average Bonchev–Trinajstić information content (AvgIpc) is 3.05. The van der Waals surface area contributed by atoms with Gasteiger partial charge in [-0.2, -0.15) is 0 Å². The minimum absolute atomic E-state index is 0.100. The minimum Gasteiger partial charge on any atom is -0.378 e. The topological polar surface area (TPSA) is 81.3 Å². The standard InChI is InChI=1S/C20H18N4O3/c1-22(2)15-5-3-13(4-6-15)11-14-9-10-23-19(14)21-18-8-7-16(24(26)27)12-17(18)20(23)25/h3-8,11-12H,9-10H2,1-2H3/b14-11+. The van der Waals surface area contributed by atoms with E-state index in [1.54, 1.807) is 4.57 Å². The Balaban J connectivity index is 1.79. The average molecular weight is 362 g/mol. The fourth-order valence-corrected chi connectivity index (χ4v) is 3.33. The zero-order chi connectivity index (χ0) is 19.1. The van der Waals surface area contributed by atoms with Crippen LogP contribution in [-0.2, 0) is 6.54 Å². The third kappa shape index (κ3) is 2.97. The first-order valence-electron chi connectivity index (χ1n) is 8.61. The number of benzene rings is 2. The van der Waals surface area contributed by atoms with Gasteiger partial charge in [0, 0.05) is 38.5 Å². The summed E-state index contributed by atoms with van der Waals surface area (Å²) in [6, 6.07) is 12.4. The second kappa shape index (κ2) is 6.35. The lowest BCUT2D eigenvalue weighted by Crippen LogP contribution is -2.20. The third-order valence-corrected chi connectivity index (χ3v) is 4.79. The number of anilines is 1. The van der Waals surface area contributed by atoms with Gasteiger partial charge in [-0.05, 0) is 41.8 Å². The van der Waals surface area contributed by atoms with Gasteiger partial charge in [-0.15, -0.1) is 0 Å². The molecule has 7 nitrogen and oxygen atoms in total. The molecule has 0 saturated heterocycles. The van der Waals surface area contributed by atoms with Gasteiger partial charge in [0.05, 0.1) is 15.8 Å². The first-order chi connectivity index (χ1) is 12.9. The zero-order valence-corrected chi connectivity index (χ0v) is 15.0. The molecule has 27 heavy (non-hydrogen) atoms. The lowest BCUT2D eigenvalue weighted by atomic mass is 10.1. The molecule has 7 heteroatoms. The Kier molecular flexibility index (Phi) is 3.99. The monoisotopic (exact) mass is 362 g/mol. The maximum Gasteiger partial charge on any atom is 0.270 e. The summed E-state index contributed by atoms with van der Waals surface area (Å²) in [5, 5.41) is 11.3. The van der Waals surface area contributed by atoms with Gasteiger partial charge in [0.2, 0.25) is 0 Å². The maximum atomic E-state index is 12.8. The van der Waals surface area contributed by atoms with Crippen LogP contribution in [0.25, 0.3) is 22.6 Å². The minimum atomic E-state index is -0.500. The first-order valence-corrected chi connectivity index (χ1v) is 8.61. The summed E-state index contributed by atoms with van der Waals surface area (Å²) in [6.07, 6.45) is 2.75. The molecule has 0 fully saturated rings. The summed E-state index contributed by atoms with van der Waals surface area (Å²) < 4.78 is 1.60. The highest BCUT2D eigenvalue weighted by molar-refractivity contribution is 5.85. The van der Waals surface area contributed by atoms with E-state index in [0.29, 0.717) is 24.3 Å². The highest BCUT2D eigenvalue weighted by atomic mass is 16.6. The van der Waals surface area contributed by atoms with E-state index >= 15 is 0 Å². The highest BCUT2D eigenvalue weighted by Crippen LogP contribution is 2.28. The molecule has 0 spiro atoms. The summed E-state index contributed by atoms with van der Waals surface area (Å²) in [7, 11) is 3.99. The van der Waals surface area contributed by atoms with Gasteiger partial charge in [0.15, 0.2) is 0 Å². The van der Waals surface area contributed by atoms with Crippen LogP contribution in [-0.4, -0.2) is 28.6 Å². The number of nitro benzene ring substituents is 1. The normalized spacial score (nSPS) is 14.5. The van der Waals surface area contributed by atoms with Crippen LogP contribution >= 0.6 is 0 Å². The van der Waals surface area contributed by atoms with Crippen LogP contribution in [0.1, 0.15) is 17.8 Å². The quantitative estimate of drug-likeness (QED) is 0.527. The molecule has 0 unspecified atom stereocenters. The van der Waals surface area contributed by atoms with Crippen LogP contribution in [0.2, 0.25) is 0 Å². The predicted octanol–water partition coefficient (Wildman–Crippen LogP) is 3.32. The molecule has 1 aliphatic heterocycles. The predicted molar refractivity (Wildman–Crippen MR) is 106 cm³/mol. The van der Waals surface area contributed by atoms with Crippen LogP contribution in [0.15, 0.2) is 47.3 Å². The van der Waals surface area contributed by atoms with E-state index in [0.717, 1.165) is 16.8 Å². The summed E-state index contributed by atoms with van der Waals surface area (Å²) in [5.74, 6) is 0.637. The zero-order valence-electron chi connectivity index (χ0n) is 15.0. The Hall–Kier alpha value is -3.48. The Morgan fingerprint density at radius 1 is 1.19 bits per heavy atom. The molecule has 1 aromatic heterocycles. The van der Waals surface area contributed by atoms with Crippen molar-refractivity contribution in [1.82, 2.24) is 9.55 Å². The van der Waals surface area contributed by atoms with Crippen molar-refractivity contribution in [1.29, 1.82) is 0 Å². The molecule has 3 aromatic rings. The number of nitrogens with zero attached hydrogens (tertiary/aromatic N) is 4. The lowest BCUT2D eigenvalue weighted by molar-refractivity contribution is -0.384.